The number of anilines is 3. The minimum Gasteiger partial charge on any atom is -0.454 e. The highest BCUT2D eigenvalue weighted by atomic mass is 79.9. The van der Waals surface area contributed by atoms with Gasteiger partial charge in [0.05, 0.1) is 78.5 Å². The number of carbonyl (C=O) groups is 2. The van der Waals surface area contributed by atoms with Crippen LogP contribution in [0.3, 0.4) is 0 Å². The van der Waals surface area contributed by atoms with Crippen LogP contribution in [-0.4, -0.2) is 180 Å². The number of hydrogen-bond acceptors (Lipinski definition) is 22. The molecular formula is C99H120BrCl2F10N23O9. The van der Waals surface area contributed by atoms with Crippen LogP contribution in [0.25, 0.3) is 39.8 Å². The van der Waals surface area contributed by atoms with Gasteiger partial charge in [-0.1, -0.05) is 30.1 Å². The lowest BCUT2D eigenvalue weighted by Crippen LogP contribution is -2.35. The lowest BCUT2D eigenvalue weighted by molar-refractivity contribution is -0.117. The lowest BCUT2D eigenvalue weighted by Gasteiger charge is -2.35. The number of alkyl halides is 10. The van der Waals surface area contributed by atoms with Crippen molar-refractivity contribution in [2.45, 2.75) is 258 Å². The summed E-state index contributed by atoms with van der Waals surface area (Å²) in [5.74, 6) is -9.68. The van der Waals surface area contributed by atoms with Gasteiger partial charge in [-0.05, 0) is 190 Å². The van der Waals surface area contributed by atoms with Crippen molar-refractivity contribution in [3.8, 4) is 40.5 Å². The molecular weight excluding hydrogens is 2000 g/mol. The second kappa shape index (κ2) is 45.0. The number of hydrogen-bond donors (Lipinski definition) is 3. The zero-order chi connectivity index (χ0) is 105. The highest BCUT2D eigenvalue weighted by molar-refractivity contribution is 9.10. The molecule has 5 fully saturated rings. The van der Waals surface area contributed by atoms with Gasteiger partial charge in [-0.15, -0.1) is 0 Å². The van der Waals surface area contributed by atoms with Gasteiger partial charge in [0.25, 0.3) is 29.6 Å². The summed E-state index contributed by atoms with van der Waals surface area (Å²) in [5.41, 5.74) is 13.9. The van der Waals surface area contributed by atoms with Crippen molar-refractivity contribution in [1.29, 1.82) is 0 Å². The van der Waals surface area contributed by atoms with E-state index in [2.05, 4.69) is 88.7 Å². The molecule has 32 nitrogen and oxygen atoms in total. The molecule has 4 N–H and O–H groups in total. The minimum atomic E-state index is -3.08. The maximum absolute atomic E-state index is 14.4. The maximum atomic E-state index is 14.4. The third kappa shape index (κ3) is 25.8. The van der Waals surface area contributed by atoms with Crippen LogP contribution in [0.5, 0.6) is 23.0 Å². The Morgan fingerprint density at radius 3 is 1.26 bits per heavy atom. The van der Waals surface area contributed by atoms with E-state index in [1.807, 2.05) is 98.7 Å². The van der Waals surface area contributed by atoms with Crippen LogP contribution >= 0.6 is 39.1 Å². The van der Waals surface area contributed by atoms with Crippen LogP contribution in [0.4, 0.5) is 61.5 Å². The number of ketones is 2. The number of nitrogen functional groups attached to an aromatic ring is 1. The first-order chi connectivity index (χ1) is 67.7. The standard InChI is InChI=1S/C25H26ClF2N7O3.2C16H21F2N3O.C15H12BrClN4O2.C11H13F2N3.C10H15F2N3O.C6H12O/c1-13(36)7-14-8-16(5-6-29-14)38-18-12-30-23-22(21(18)26)34(3)24(32-23)31-20-11-19(25(2,27)28)35(33-20)15-9-17(10-15)37-4;1-10-5-6-11(2)20(10)15-9-14(16(3,17)18)21(19-15)12-7-13(8-12)22-4;1-10-5-6-11(2)20(10)15-9-14(16(3,17)18)19-21(15)12-7-13(8-12)22-4;1-8(22)5-9-6-10(3-4-18-9)23-11-7-19-14-13(12(11)17)21(2)15(16)20-14;1-7-4-5-8(2)16(7)10-6-9(14-15-10)11(3,12)13;1-10(11,12)8-5-9(13)14-15(8)6-3-7(4-6)16-2;1-5-3-6(4-5)7-2/h5-6,8,11-12,15,17H,7,9-10H2,1-4H3,(H,30,31,32,33);2*5-6,9,12-13H,7-8H2,1-4H3;3-4,6-7H,5H2,1-2H3;4-6H,1-3H3,(H,14,15);5-7H,3-4H2,1-2H3,(H2,13,14);5-6H,3-4H2,1-2H3. The number of nitrogens with two attached hydrogens (primary N) is 1. The molecule has 14 aromatic heterocycles. The topological polar surface area (TPSA) is 339 Å². The summed E-state index contributed by atoms with van der Waals surface area (Å²) in [4.78, 5) is 48.2. The quantitative estimate of drug-likeness (QED) is 0.0403. The number of aromatic nitrogens is 21. The van der Waals surface area contributed by atoms with Gasteiger partial charge in [-0.2, -0.15) is 74.4 Å². The van der Waals surface area contributed by atoms with Crippen LogP contribution in [0.2, 0.25) is 10.0 Å². The molecule has 5 saturated carbocycles. The molecule has 0 aliphatic heterocycles. The molecule has 144 heavy (non-hydrogen) atoms. The Labute approximate surface area is 844 Å². The van der Waals surface area contributed by atoms with Gasteiger partial charge in [0, 0.05) is 186 Å². The van der Waals surface area contributed by atoms with Gasteiger partial charge < -0.3 is 67.0 Å². The van der Waals surface area contributed by atoms with E-state index in [-0.39, 0.29) is 124 Å². The molecule has 0 spiro atoms. The van der Waals surface area contributed by atoms with E-state index >= 15 is 0 Å². The first-order valence-electron chi connectivity index (χ1n) is 46.6. The first-order valence-corrected chi connectivity index (χ1v) is 48.2. The summed E-state index contributed by atoms with van der Waals surface area (Å²) in [5, 5.41) is 27.0. The summed E-state index contributed by atoms with van der Waals surface area (Å²) in [6, 6.07) is 25.3. The summed E-state index contributed by atoms with van der Waals surface area (Å²) in [6.07, 6.45) is 15.9. The summed E-state index contributed by atoms with van der Waals surface area (Å²) < 4.78 is 190. The van der Waals surface area contributed by atoms with Crippen LogP contribution in [0.15, 0.2) is 121 Å². The number of H-pyrrole nitrogens is 1. The van der Waals surface area contributed by atoms with E-state index in [0.717, 1.165) is 100 Å². The molecule has 14 heterocycles. The molecule has 0 aromatic carbocycles. The third-order valence-electron chi connectivity index (χ3n) is 25.6. The number of Topliss-reactive ketones (excluding diaryl/α,β-unsaturated/α-hetero) is 2. The smallest absolute Gasteiger partial charge is 0.288 e. The number of fused-ring (bicyclic) bond motifs is 2. The van der Waals surface area contributed by atoms with E-state index in [1.165, 1.54) is 83.5 Å². The molecule has 5 aliphatic carbocycles. The second-order valence-electron chi connectivity index (χ2n) is 37.4. The van der Waals surface area contributed by atoms with Gasteiger partial charge >= 0.3 is 0 Å². The van der Waals surface area contributed by atoms with E-state index in [4.69, 9.17) is 62.1 Å². The SMILES string of the molecule is CC(=O)Cc1cc(Oc2cnc3nc(Br)n(C)c3c2Cl)ccn1.COC1CC(C)C1.COC1CC(n2nc(-n3c(C)ccc3C)cc2C(C)(F)F)C1.COC1CC(n2nc(C(C)(F)F)cc2-n2c(C)ccc2C)C1.COC1CC(n2nc(N)cc2C(C)(F)F)C1.COC1CC(n2nc(Nc3nc4ncc(Oc5ccnc(CC(C)=O)c5)c(Cl)c4n3C)cc2C(C)(F)F)C1.Cc1ccc(C)n1-c1cc(C(C)(F)F)[nH]n1. The van der Waals surface area contributed by atoms with Crippen LogP contribution in [0.1, 0.15) is 218 Å². The highest BCUT2D eigenvalue weighted by Crippen LogP contribution is 2.46. The summed E-state index contributed by atoms with van der Waals surface area (Å²) in [7, 11) is 11.9. The molecule has 45 heteroatoms. The molecule has 0 amide bonds. The van der Waals surface area contributed by atoms with Crippen LogP contribution < -0.4 is 20.5 Å². The normalized spacial score (nSPS) is 19.2. The number of imidazole rings is 2. The Kier molecular flexibility index (Phi) is 34.2. The van der Waals surface area contributed by atoms with E-state index in [1.54, 1.807) is 93.1 Å². The Hall–Kier alpha value is -11.9. The van der Waals surface area contributed by atoms with Crippen molar-refractivity contribution >= 4 is 90.6 Å². The molecule has 5 aliphatic rings. The van der Waals surface area contributed by atoms with Gasteiger partial charge in [0.2, 0.25) is 5.95 Å². The summed E-state index contributed by atoms with van der Waals surface area (Å²) >= 11 is 16.4. The number of pyridine rings is 4. The molecule has 0 radical (unpaired) electrons. The van der Waals surface area contributed by atoms with Crippen molar-refractivity contribution in [3.05, 3.63) is 205 Å². The molecule has 0 unspecified atom stereocenters. The third-order valence-corrected chi connectivity index (χ3v) is 27.1. The van der Waals surface area contributed by atoms with Gasteiger partial charge in [0.1, 0.15) is 84.2 Å². The maximum Gasteiger partial charge on any atom is 0.288 e. The predicted octanol–water partition coefficient (Wildman–Crippen LogP) is 22.8. The lowest BCUT2D eigenvalue weighted by atomic mass is 9.84. The number of nitrogens with one attached hydrogen (secondary N) is 2. The number of nitrogens with zero attached hydrogens (tertiary/aromatic N) is 20. The Morgan fingerprint density at radius 2 is 0.854 bits per heavy atom. The molecule has 776 valence electrons. The minimum absolute atomic E-state index is 0.0165. The van der Waals surface area contributed by atoms with Crippen molar-refractivity contribution in [2.75, 3.05) is 46.6 Å². The number of rotatable bonds is 27. The Bertz CT molecular complexity index is 6740. The average molecular weight is 2120 g/mol. The molecule has 19 rings (SSSR count). The Balaban J connectivity index is 0.000000146. The number of halogens is 13. The largest absolute Gasteiger partial charge is 0.454 e. The number of aryl methyl sites for hydroxylation is 8. The van der Waals surface area contributed by atoms with Crippen LogP contribution in [0, 0.1) is 47.5 Å². The molecule has 0 atom stereocenters. The van der Waals surface area contributed by atoms with Gasteiger partial charge in [0.15, 0.2) is 45.0 Å². The predicted molar refractivity (Wildman–Crippen MR) is 527 cm³/mol. The zero-order valence-corrected chi connectivity index (χ0v) is 86.9. The monoisotopic (exact) mass is 2110 g/mol. The van der Waals surface area contributed by atoms with Gasteiger partial charge in [-0.3, -0.25) is 38.7 Å². The second-order valence-corrected chi connectivity index (χ2v) is 38.9. The number of methoxy groups -OCH3 is 5. The van der Waals surface area contributed by atoms with Crippen molar-refractivity contribution in [2.24, 2.45) is 20.0 Å². The van der Waals surface area contributed by atoms with E-state index in [9.17, 15) is 53.5 Å². The average Bonchev–Trinajstić information content (AvgIpc) is 1.61. The van der Waals surface area contributed by atoms with E-state index in [0.29, 0.717) is 116 Å². The fourth-order valence-corrected chi connectivity index (χ4v) is 18.2. The molecule has 0 bridgehead atoms. The Morgan fingerprint density at radius 1 is 0.465 bits per heavy atom. The fourth-order valence-electron chi connectivity index (χ4n) is 17.3. The zero-order valence-electron chi connectivity index (χ0n) is 83.8. The number of carbonyl (C=O) groups excluding carboxylic acids is 2. The molecule has 0 saturated heterocycles. The number of ether oxygens (including phenoxy) is 7. The first kappa shape index (κ1) is 109. The van der Waals surface area contributed by atoms with Crippen molar-refractivity contribution in [3.63, 3.8) is 0 Å². The number of aromatic amines is 1. The fraction of sp³-hybridized carbons (Fsp3) is 0.485. The highest BCUT2D eigenvalue weighted by Gasteiger charge is 2.44. The van der Waals surface area contributed by atoms with Crippen molar-refractivity contribution < 1.29 is 86.7 Å². The van der Waals surface area contributed by atoms with Crippen LogP contribution in [-0.2, 0) is 89.8 Å². The van der Waals surface area contributed by atoms with Crippen molar-refractivity contribution in [1.82, 2.24) is 102 Å². The van der Waals surface area contributed by atoms with E-state index < -0.39 is 29.6 Å². The van der Waals surface area contributed by atoms with Gasteiger partial charge in [-0.25, -0.2) is 19.6 Å². The molecule has 14 aromatic rings. The summed E-state index contributed by atoms with van der Waals surface area (Å²) in [6.45, 7) is 21.3.